The van der Waals surface area contributed by atoms with Crippen molar-refractivity contribution in [1.29, 1.82) is 0 Å². The van der Waals surface area contributed by atoms with E-state index in [0.717, 1.165) is 57.8 Å². The second-order valence-corrected chi connectivity index (χ2v) is 12.9. The van der Waals surface area contributed by atoms with Gasteiger partial charge in [-0.05, 0) is 104 Å². The van der Waals surface area contributed by atoms with Gasteiger partial charge in [-0.2, -0.15) is 0 Å². The van der Waals surface area contributed by atoms with E-state index in [1.165, 1.54) is 27.5 Å². The molecule has 3 fully saturated rings. The lowest BCUT2D eigenvalue weighted by atomic mass is 9.73. The molecule has 2 aliphatic carbocycles. The van der Waals surface area contributed by atoms with Gasteiger partial charge in [-0.1, -0.05) is 31.2 Å². The molecule has 1 aromatic carbocycles. The van der Waals surface area contributed by atoms with Crippen molar-refractivity contribution < 1.29 is 19.7 Å². The number of fused-ring (bicyclic) bond motifs is 1. The highest BCUT2D eigenvalue weighted by Gasteiger charge is 2.60. The largest absolute Gasteiger partial charge is 0.480 e. The van der Waals surface area contributed by atoms with Gasteiger partial charge < -0.3 is 14.9 Å². The molecule has 39 heavy (non-hydrogen) atoms. The Kier molecular flexibility index (Phi) is 6.22. The maximum absolute atomic E-state index is 12.0. The first kappa shape index (κ1) is 25.4. The number of hydrogen-bond donors (Lipinski definition) is 2. The van der Waals surface area contributed by atoms with Crippen LogP contribution in [0.4, 0.5) is 0 Å². The molecule has 206 valence electrons. The average Bonchev–Trinajstić information content (AvgIpc) is 3.50. The lowest BCUT2D eigenvalue weighted by Crippen LogP contribution is -2.53. The molecule has 0 amide bonds. The van der Waals surface area contributed by atoms with E-state index in [-0.39, 0.29) is 17.2 Å². The number of hydrogen-bond acceptors (Lipinski definition) is 5. The fraction of sp³-hybridized carbons (Fsp3) is 0.576. The van der Waals surface area contributed by atoms with Crippen LogP contribution in [0.15, 0.2) is 60.0 Å². The second kappa shape index (κ2) is 9.53. The van der Waals surface area contributed by atoms with Crippen molar-refractivity contribution in [2.24, 2.45) is 5.92 Å². The summed E-state index contributed by atoms with van der Waals surface area (Å²) in [6, 6.07) is 8.52. The quantitative estimate of drug-likeness (QED) is 0.528. The van der Waals surface area contributed by atoms with E-state index in [2.05, 4.69) is 53.2 Å². The molecule has 3 aliphatic heterocycles. The first-order valence-corrected chi connectivity index (χ1v) is 15.0. The van der Waals surface area contributed by atoms with Crippen LogP contribution in [-0.2, 0) is 9.53 Å². The minimum atomic E-state index is -0.815. The molecule has 2 bridgehead atoms. The highest BCUT2D eigenvalue weighted by Crippen LogP contribution is 2.59. The van der Waals surface area contributed by atoms with Crippen molar-refractivity contribution in [3.8, 4) is 0 Å². The third-order valence-electron chi connectivity index (χ3n) is 10.8. The fourth-order valence-electron chi connectivity index (χ4n) is 8.68. The Morgan fingerprint density at radius 1 is 1.13 bits per heavy atom. The van der Waals surface area contributed by atoms with Crippen molar-refractivity contribution in [3.05, 3.63) is 65.5 Å². The summed E-state index contributed by atoms with van der Waals surface area (Å²) in [7, 11) is 0. The zero-order chi connectivity index (χ0) is 26.8. The number of benzene rings is 1. The summed E-state index contributed by atoms with van der Waals surface area (Å²) < 4.78 is 7.31. The molecule has 1 saturated carbocycles. The van der Waals surface area contributed by atoms with Gasteiger partial charge in [-0.3, -0.25) is 14.7 Å². The number of ether oxygens (including phenoxy) is 1. The Balaban J connectivity index is 1.14. The van der Waals surface area contributed by atoms with Gasteiger partial charge in [0.05, 0.1) is 17.3 Å². The molecule has 2 N–H and O–H groups in total. The van der Waals surface area contributed by atoms with Gasteiger partial charge in [0.1, 0.15) is 6.04 Å². The van der Waals surface area contributed by atoms with E-state index >= 15 is 0 Å². The molecule has 0 radical (unpaired) electrons. The van der Waals surface area contributed by atoms with Gasteiger partial charge >= 0.3 is 5.97 Å². The number of pyridine rings is 1. The molecular formula is C33H40N2O4. The first-order valence-electron chi connectivity index (χ1n) is 15.0. The van der Waals surface area contributed by atoms with Gasteiger partial charge in [-0.25, -0.2) is 0 Å². The van der Waals surface area contributed by atoms with Crippen LogP contribution in [0, 0.1) is 5.92 Å². The summed E-state index contributed by atoms with van der Waals surface area (Å²) in [5.74, 6) is 0.115. The number of aromatic nitrogens is 1. The van der Waals surface area contributed by atoms with Crippen molar-refractivity contribution in [3.63, 3.8) is 0 Å². The standard InChI is InChI=1S/C33H40N2O4/c1-21-5-6-22(24-8-7-23-11-14-34-19-25(23)15-24)3-2-4-27-16-26-9-10-28(18-32(26)12-13-33(21,27)39-32)35-20-29(36)17-30(35)31(37)38/h4,7-8,11,14-16,19,21-22,28-30,36H,2-3,5-6,9-10,12-13,17-18,20H2,1H3,(H,37,38)/b27-4-/t21-,22?,28+,29?,30-,32+,33-/m0/s1. The van der Waals surface area contributed by atoms with Crippen LogP contribution >= 0.6 is 0 Å². The number of aliphatic carboxylic acids is 1. The van der Waals surface area contributed by atoms with Crippen molar-refractivity contribution in [2.45, 2.75) is 106 Å². The number of nitrogens with zero attached hydrogens (tertiary/aromatic N) is 2. The lowest BCUT2D eigenvalue weighted by molar-refractivity contribution is -0.145. The Morgan fingerprint density at radius 3 is 2.90 bits per heavy atom. The first-order chi connectivity index (χ1) is 18.9. The normalized spacial score (nSPS) is 40.0. The average molecular weight is 529 g/mol. The van der Waals surface area contributed by atoms with Gasteiger partial charge in [0.15, 0.2) is 0 Å². The van der Waals surface area contributed by atoms with Crippen LogP contribution in [0.1, 0.15) is 82.6 Å². The van der Waals surface area contributed by atoms with Crippen LogP contribution in [-0.4, -0.2) is 62.0 Å². The Labute approximate surface area is 230 Å². The summed E-state index contributed by atoms with van der Waals surface area (Å²) in [5.41, 5.74) is 3.69. The molecule has 2 spiro atoms. The minimum absolute atomic E-state index is 0.138. The second-order valence-electron chi connectivity index (χ2n) is 12.9. The highest BCUT2D eigenvalue weighted by molar-refractivity contribution is 5.82. The number of carbonyl (C=O) groups is 1. The monoisotopic (exact) mass is 528 g/mol. The highest BCUT2D eigenvalue weighted by atomic mass is 16.5. The van der Waals surface area contributed by atoms with E-state index in [9.17, 15) is 15.0 Å². The molecule has 5 aliphatic rings. The van der Waals surface area contributed by atoms with E-state index < -0.39 is 18.1 Å². The number of rotatable bonds is 3. The van der Waals surface area contributed by atoms with Crippen LogP contribution in [0.5, 0.6) is 0 Å². The van der Waals surface area contributed by atoms with Crippen LogP contribution < -0.4 is 0 Å². The maximum atomic E-state index is 12.0. The van der Waals surface area contributed by atoms with Crippen molar-refractivity contribution >= 4 is 16.7 Å². The predicted octanol–water partition coefficient (Wildman–Crippen LogP) is 5.76. The number of aliphatic hydroxyl groups is 1. The number of likely N-dealkylation sites (tertiary alicyclic amines) is 1. The number of carboxylic acid groups (broad SMARTS) is 1. The Bertz CT molecular complexity index is 1350. The van der Waals surface area contributed by atoms with Gasteiger partial charge in [0.25, 0.3) is 0 Å². The molecule has 2 unspecified atom stereocenters. The molecule has 2 aromatic rings. The van der Waals surface area contributed by atoms with E-state index in [1.807, 2.05) is 12.4 Å². The number of carboxylic acids is 1. The molecule has 7 atom stereocenters. The van der Waals surface area contributed by atoms with E-state index in [1.54, 1.807) is 0 Å². The third-order valence-corrected chi connectivity index (χ3v) is 10.8. The zero-order valence-electron chi connectivity index (χ0n) is 22.9. The van der Waals surface area contributed by atoms with Crippen LogP contribution in [0.2, 0.25) is 0 Å². The third kappa shape index (κ3) is 4.18. The van der Waals surface area contributed by atoms with Gasteiger partial charge in [0.2, 0.25) is 0 Å². The van der Waals surface area contributed by atoms with Gasteiger partial charge in [-0.15, -0.1) is 0 Å². The number of β-amino-alcohol motifs (C(OH)–C–C–N with tert-alkyl or cyclic N) is 1. The Morgan fingerprint density at radius 2 is 2.03 bits per heavy atom. The smallest absolute Gasteiger partial charge is 0.321 e. The minimum Gasteiger partial charge on any atom is -0.480 e. The van der Waals surface area contributed by atoms with E-state index in [4.69, 9.17) is 4.74 Å². The molecular weight excluding hydrogens is 488 g/mol. The summed E-state index contributed by atoms with van der Waals surface area (Å²) in [5, 5.41) is 22.6. The number of allylic oxidation sites excluding steroid dienone is 1. The van der Waals surface area contributed by atoms with Crippen LogP contribution in [0.3, 0.4) is 0 Å². The van der Waals surface area contributed by atoms with E-state index in [0.29, 0.717) is 24.8 Å². The summed E-state index contributed by atoms with van der Waals surface area (Å²) in [4.78, 5) is 18.4. The molecule has 7 rings (SSSR count). The van der Waals surface area contributed by atoms with Gasteiger partial charge in [0, 0.05) is 36.8 Å². The molecule has 2 saturated heterocycles. The Hall–Kier alpha value is -2.54. The molecule has 6 nitrogen and oxygen atoms in total. The summed E-state index contributed by atoms with van der Waals surface area (Å²) in [6.07, 6.45) is 17.8. The predicted molar refractivity (Wildman–Crippen MR) is 150 cm³/mol. The molecule has 4 heterocycles. The molecule has 6 heteroatoms. The van der Waals surface area contributed by atoms with Crippen molar-refractivity contribution in [1.82, 2.24) is 9.88 Å². The lowest BCUT2D eigenvalue weighted by Gasteiger charge is -2.50. The summed E-state index contributed by atoms with van der Waals surface area (Å²) >= 11 is 0. The number of aliphatic hydroxyl groups excluding tert-OH is 1. The molecule has 1 aromatic heterocycles. The fourth-order valence-corrected chi connectivity index (χ4v) is 8.68. The topological polar surface area (TPSA) is 82.9 Å². The van der Waals surface area contributed by atoms with Crippen LogP contribution in [0.25, 0.3) is 10.8 Å². The maximum Gasteiger partial charge on any atom is 0.321 e. The summed E-state index contributed by atoms with van der Waals surface area (Å²) in [6.45, 7) is 2.84. The zero-order valence-corrected chi connectivity index (χ0v) is 22.9. The van der Waals surface area contributed by atoms with Crippen molar-refractivity contribution in [2.75, 3.05) is 6.54 Å². The SMILES string of the molecule is C[C@H]1CCC(c2ccc3ccncc3c2)CC/C=C2/C=C3CC[C@@H](N4CC(O)C[C@H]4C(=O)O)C[C@]34CC[C@@]21O4.